The lowest BCUT2D eigenvalue weighted by Gasteiger charge is -2.34. The van der Waals surface area contributed by atoms with Crippen molar-refractivity contribution < 1.29 is 22.7 Å². The lowest BCUT2D eigenvalue weighted by Crippen LogP contribution is -2.48. The molecule has 1 aromatic carbocycles. The second-order valence-electron chi connectivity index (χ2n) is 7.58. The second kappa shape index (κ2) is 8.18. The number of amides is 2. The first-order valence-corrected chi connectivity index (χ1v) is 11.0. The zero-order chi connectivity index (χ0) is 20.5. The third-order valence-corrected chi connectivity index (χ3v) is 7.12. The van der Waals surface area contributed by atoms with Crippen molar-refractivity contribution in [3.63, 3.8) is 0 Å². The van der Waals surface area contributed by atoms with Gasteiger partial charge in [-0.2, -0.15) is 4.31 Å². The highest BCUT2D eigenvalue weighted by Crippen LogP contribution is 2.24. The number of likely N-dealkylation sites (tertiary alicyclic amines) is 1. The van der Waals surface area contributed by atoms with Crippen LogP contribution in [-0.2, 0) is 19.6 Å². The molecule has 2 amide bonds. The number of morpholine rings is 1. The molecule has 8 nitrogen and oxygen atoms in total. The number of hydrogen-bond donors (Lipinski definition) is 1. The van der Waals surface area contributed by atoms with E-state index in [1.807, 2.05) is 13.8 Å². The van der Waals surface area contributed by atoms with Crippen molar-refractivity contribution in [3.05, 3.63) is 29.8 Å². The number of hydrogen-bond acceptors (Lipinski definition) is 5. The summed E-state index contributed by atoms with van der Waals surface area (Å²) in [6.07, 6.45) is 0.690. The van der Waals surface area contributed by atoms with E-state index in [2.05, 4.69) is 0 Å². The molecule has 9 heteroatoms. The fourth-order valence-corrected chi connectivity index (χ4v) is 5.45. The van der Waals surface area contributed by atoms with Crippen LogP contribution in [0.2, 0.25) is 0 Å². The smallest absolute Gasteiger partial charge is 0.253 e. The summed E-state index contributed by atoms with van der Waals surface area (Å²) in [5.74, 6) is -0.779. The van der Waals surface area contributed by atoms with Gasteiger partial charge in [-0.15, -0.1) is 0 Å². The monoisotopic (exact) mass is 409 g/mol. The predicted octanol–water partition coefficient (Wildman–Crippen LogP) is 0.822. The summed E-state index contributed by atoms with van der Waals surface area (Å²) in [7, 11) is -3.71. The number of piperidine rings is 1. The third kappa shape index (κ3) is 4.37. The van der Waals surface area contributed by atoms with Gasteiger partial charge in [0.25, 0.3) is 5.91 Å². The minimum atomic E-state index is -3.71. The van der Waals surface area contributed by atoms with Gasteiger partial charge in [0.1, 0.15) is 0 Å². The van der Waals surface area contributed by atoms with Crippen LogP contribution in [0.15, 0.2) is 29.2 Å². The van der Waals surface area contributed by atoms with E-state index in [-0.39, 0.29) is 47.9 Å². The minimum Gasteiger partial charge on any atom is -0.373 e. The molecule has 0 aromatic heterocycles. The van der Waals surface area contributed by atoms with E-state index in [0.717, 1.165) is 0 Å². The van der Waals surface area contributed by atoms with Crippen molar-refractivity contribution in [1.82, 2.24) is 9.21 Å². The van der Waals surface area contributed by atoms with E-state index < -0.39 is 10.0 Å². The average Bonchev–Trinajstić information content (AvgIpc) is 2.67. The molecule has 3 rings (SSSR count). The predicted molar refractivity (Wildman–Crippen MR) is 103 cm³/mol. The molecule has 2 heterocycles. The Bertz CT molecular complexity index is 839. The lowest BCUT2D eigenvalue weighted by molar-refractivity contribution is -0.123. The Kier molecular flexibility index (Phi) is 6.07. The number of sulfonamides is 1. The van der Waals surface area contributed by atoms with Crippen LogP contribution >= 0.6 is 0 Å². The third-order valence-electron chi connectivity index (χ3n) is 5.29. The van der Waals surface area contributed by atoms with Gasteiger partial charge >= 0.3 is 0 Å². The topological polar surface area (TPSA) is 110 Å². The molecule has 154 valence electrons. The molecule has 2 N–H and O–H groups in total. The Morgan fingerprint density at radius 3 is 2.29 bits per heavy atom. The molecular formula is C19H27N3O5S. The first kappa shape index (κ1) is 20.8. The zero-order valence-corrected chi connectivity index (χ0v) is 17.0. The Labute approximate surface area is 165 Å². The quantitative estimate of drug-likeness (QED) is 0.792. The number of rotatable bonds is 4. The van der Waals surface area contributed by atoms with Gasteiger partial charge in [0.15, 0.2) is 0 Å². The fourth-order valence-electron chi connectivity index (χ4n) is 3.82. The molecule has 2 aliphatic rings. The molecule has 0 aliphatic carbocycles. The lowest BCUT2D eigenvalue weighted by atomic mass is 9.96. The summed E-state index contributed by atoms with van der Waals surface area (Å²) in [5.41, 5.74) is 5.66. The molecule has 2 atom stereocenters. The molecule has 2 saturated heterocycles. The number of carbonyl (C=O) groups excluding carboxylic acids is 2. The number of ether oxygens (including phenoxy) is 1. The van der Waals surface area contributed by atoms with Crippen LogP contribution in [0.5, 0.6) is 0 Å². The summed E-state index contributed by atoms with van der Waals surface area (Å²) < 4.78 is 33.1. The molecule has 1 aromatic rings. The van der Waals surface area contributed by atoms with Crippen molar-refractivity contribution in [2.75, 3.05) is 26.2 Å². The standard InChI is InChI=1S/C19H27N3O5S/c1-13-11-22(12-14(2)27-13)28(25,26)17-5-3-4-16(10-17)19(24)21-8-6-15(7-9-21)18(20)23/h3-5,10,13-15H,6-9,11-12H2,1-2H3,(H2,20,23)/t13-,14+. The number of carbonyl (C=O) groups is 2. The van der Waals surface area contributed by atoms with Crippen LogP contribution in [0.25, 0.3) is 0 Å². The van der Waals surface area contributed by atoms with Crippen LogP contribution in [0.4, 0.5) is 0 Å². The first-order chi connectivity index (χ1) is 13.2. The van der Waals surface area contributed by atoms with Crippen molar-refractivity contribution in [2.24, 2.45) is 11.7 Å². The van der Waals surface area contributed by atoms with Gasteiger partial charge in [-0.25, -0.2) is 8.42 Å². The van der Waals surface area contributed by atoms with E-state index in [1.165, 1.54) is 16.4 Å². The van der Waals surface area contributed by atoms with Crippen LogP contribution in [0, 0.1) is 5.92 Å². The van der Waals surface area contributed by atoms with Crippen molar-refractivity contribution in [1.29, 1.82) is 0 Å². The van der Waals surface area contributed by atoms with Gasteiger partial charge < -0.3 is 15.4 Å². The average molecular weight is 410 g/mol. The number of benzene rings is 1. The van der Waals surface area contributed by atoms with Gasteiger partial charge in [-0.3, -0.25) is 9.59 Å². The van der Waals surface area contributed by atoms with Gasteiger partial charge in [0.2, 0.25) is 15.9 Å². The van der Waals surface area contributed by atoms with E-state index in [9.17, 15) is 18.0 Å². The maximum atomic E-state index is 13.0. The highest BCUT2D eigenvalue weighted by atomic mass is 32.2. The number of nitrogens with two attached hydrogens (primary N) is 1. The number of nitrogens with zero attached hydrogens (tertiary/aromatic N) is 2. The van der Waals surface area contributed by atoms with Gasteiger partial charge in [0, 0.05) is 37.7 Å². The maximum absolute atomic E-state index is 13.0. The molecule has 0 bridgehead atoms. The highest BCUT2D eigenvalue weighted by molar-refractivity contribution is 7.89. The molecule has 28 heavy (non-hydrogen) atoms. The summed E-state index contributed by atoms with van der Waals surface area (Å²) in [6.45, 7) is 5.11. The minimum absolute atomic E-state index is 0.103. The normalized spacial score (nSPS) is 24.9. The Morgan fingerprint density at radius 2 is 1.71 bits per heavy atom. The van der Waals surface area contributed by atoms with Crippen LogP contribution in [0.1, 0.15) is 37.0 Å². The van der Waals surface area contributed by atoms with Crippen molar-refractivity contribution >= 4 is 21.8 Å². The van der Waals surface area contributed by atoms with Crippen molar-refractivity contribution in [2.45, 2.75) is 43.8 Å². The Morgan fingerprint density at radius 1 is 1.11 bits per heavy atom. The molecule has 0 spiro atoms. The first-order valence-electron chi connectivity index (χ1n) is 9.52. The van der Waals surface area contributed by atoms with Crippen LogP contribution in [-0.4, -0.2) is 67.8 Å². The maximum Gasteiger partial charge on any atom is 0.253 e. The zero-order valence-electron chi connectivity index (χ0n) is 16.2. The molecule has 0 radical (unpaired) electrons. The van der Waals surface area contributed by atoms with E-state index in [0.29, 0.717) is 31.5 Å². The summed E-state index contributed by atoms with van der Waals surface area (Å²) in [4.78, 5) is 25.9. The molecule has 0 unspecified atom stereocenters. The van der Waals surface area contributed by atoms with Gasteiger partial charge in [-0.1, -0.05) is 6.07 Å². The Hall–Kier alpha value is -1.97. The van der Waals surface area contributed by atoms with Crippen LogP contribution in [0.3, 0.4) is 0 Å². The summed E-state index contributed by atoms with van der Waals surface area (Å²) in [6, 6.07) is 6.15. The fraction of sp³-hybridized carbons (Fsp3) is 0.579. The molecule has 2 aliphatic heterocycles. The van der Waals surface area contributed by atoms with Gasteiger partial charge in [-0.05, 0) is 44.9 Å². The highest BCUT2D eigenvalue weighted by Gasteiger charge is 2.33. The molecule has 0 saturated carbocycles. The van der Waals surface area contributed by atoms with E-state index in [4.69, 9.17) is 10.5 Å². The Balaban J connectivity index is 1.76. The molecule has 2 fully saturated rings. The SMILES string of the molecule is C[C@@H]1CN(S(=O)(=O)c2cccc(C(=O)N3CCC(C(N)=O)CC3)c2)C[C@H](C)O1. The van der Waals surface area contributed by atoms with Crippen LogP contribution < -0.4 is 5.73 Å². The van der Waals surface area contributed by atoms with E-state index >= 15 is 0 Å². The van der Waals surface area contributed by atoms with Crippen molar-refractivity contribution in [3.8, 4) is 0 Å². The van der Waals surface area contributed by atoms with Gasteiger partial charge in [0.05, 0.1) is 17.1 Å². The van der Waals surface area contributed by atoms with E-state index in [1.54, 1.807) is 17.0 Å². The second-order valence-corrected chi connectivity index (χ2v) is 9.51. The summed E-state index contributed by atoms with van der Waals surface area (Å²) in [5, 5.41) is 0. The summed E-state index contributed by atoms with van der Waals surface area (Å²) >= 11 is 0. The molecular weight excluding hydrogens is 382 g/mol. The largest absolute Gasteiger partial charge is 0.373 e. The number of primary amides is 1.